The molecule has 3 N–H and O–H groups in total. The molecule has 5 heterocycles. The summed E-state index contributed by atoms with van der Waals surface area (Å²) in [4.78, 5) is 10.5. The molecule has 1 unspecified atom stereocenters. The molecule has 3 aromatic rings. The number of pyridine rings is 1. The first kappa shape index (κ1) is 15.9. The fourth-order valence-corrected chi connectivity index (χ4v) is 4.83. The number of hydrogen-bond acceptors (Lipinski definition) is 4. The van der Waals surface area contributed by atoms with Crippen LogP contribution in [0.4, 0.5) is 5.69 Å². The number of H-pyrrole nitrogens is 2. The van der Waals surface area contributed by atoms with E-state index in [1.165, 1.54) is 43.2 Å². The fraction of sp³-hybridized carbons (Fsp3) is 0.500. The molecule has 6 heteroatoms. The molecule has 2 saturated heterocycles. The van der Waals surface area contributed by atoms with E-state index in [4.69, 9.17) is 0 Å². The Morgan fingerprint density at radius 2 is 2.08 bits per heavy atom. The molecule has 136 valence electrons. The third kappa shape index (κ3) is 2.51. The van der Waals surface area contributed by atoms with E-state index in [2.05, 4.69) is 43.4 Å². The summed E-state index contributed by atoms with van der Waals surface area (Å²) in [5.74, 6) is 0. The number of nitrogens with one attached hydrogen (secondary N) is 3. The number of piperidine rings is 2. The summed E-state index contributed by atoms with van der Waals surface area (Å²) < 4.78 is 0. The lowest BCUT2D eigenvalue weighted by Crippen LogP contribution is -2.59. The monoisotopic (exact) mass is 350 g/mol. The number of hydrogen-bond donors (Lipinski definition) is 3. The van der Waals surface area contributed by atoms with Crippen LogP contribution in [-0.4, -0.2) is 45.3 Å². The van der Waals surface area contributed by atoms with E-state index in [9.17, 15) is 0 Å². The predicted octanol–water partition coefficient (Wildman–Crippen LogP) is 3.37. The van der Waals surface area contributed by atoms with Crippen LogP contribution in [0.3, 0.4) is 0 Å². The van der Waals surface area contributed by atoms with Gasteiger partial charge in [-0.25, -0.2) is 4.98 Å². The van der Waals surface area contributed by atoms with E-state index in [-0.39, 0.29) is 5.54 Å². The highest BCUT2D eigenvalue weighted by molar-refractivity contribution is 6.02. The SMILES string of the molecule is Cc1c[nH]nc1-c1c[nH]c2nccc(N3CCCC4(CCCCN4)C3)c12. The standard InChI is InChI=1S/C20H26N6/c1-14-11-24-25-18(14)15-12-22-19-17(15)16(5-9-21-19)26-10-4-7-20(13-26)6-2-3-8-23-20/h5,9,11-12,23H,2-4,6-8,10,13H2,1H3,(H,21,22)(H,24,25). The van der Waals surface area contributed by atoms with Crippen molar-refractivity contribution in [2.75, 3.05) is 24.5 Å². The van der Waals surface area contributed by atoms with E-state index in [0.717, 1.165) is 42.1 Å². The van der Waals surface area contributed by atoms with Crippen molar-refractivity contribution in [3.05, 3.63) is 30.2 Å². The predicted molar refractivity (Wildman–Crippen MR) is 104 cm³/mol. The summed E-state index contributed by atoms with van der Waals surface area (Å²) in [6.45, 7) is 5.43. The highest BCUT2D eigenvalue weighted by Crippen LogP contribution is 2.38. The van der Waals surface area contributed by atoms with Gasteiger partial charge in [-0.15, -0.1) is 0 Å². The maximum atomic E-state index is 4.57. The molecule has 0 bridgehead atoms. The zero-order valence-electron chi connectivity index (χ0n) is 15.3. The second-order valence-electron chi connectivity index (χ2n) is 7.86. The smallest absolute Gasteiger partial charge is 0.140 e. The Labute approximate surface area is 153 Å². The first-order valence-electron chi connectivity index (χ1n) is 9.73. The Kier molecular flexibility index (Phi) is 3.74. The highest BCUT2D eigenvalue weighted by atomic mass is 15.2. The Bertz CT molecular complexity index is 912. The number of rotatable bonds is 2. The van der Waals surface area contributed by atoms with Gasteiger partial charge >= 0.3 is 0 Å². The number of fused-ring (bicyclic) bond motifs is 1. The normalized spacial score (nSPS) is 23.8. The molecule has 3 aromatic heterocycles. The molecule has 0 aliphatic carbocycles. The van der Waals surface area contributed by atoms with Crippen molar-refractivity contribution in [1.82, 2.24) is 25.5 Å². The van der Waals surface area contributed by atoms with Gasteiger partial charge in [0, 0.05) is 42.8 Å². The number of aryl methyl sites for hydroxylation is 1. The highest BCUT2D eigenvalue weighted by Gasteiger charge is 2.37. The minimum atomic E-state index is 0.283. The summed E-state index contributed by atoms with van der Waals surface area (Å²) in [6, 6.07) is 2.17. The number of anilines is 1. The Balaban J connectivity index is 1.58. The van der Waals surface area contributed by atoms with Crippen LogP contribution in [0.25, 0.3) is 22.3 Å². The molecule has 26 heavy (non-hydrogen) atoms. The molecule has 2 aliphatic rings. The Morgan fingerprint density at radius 3 is 2.88 bits per heavy atom. The van der Waals surface area contributed by atoms with E-state index in [1.807, 2.05) is 18.6 Å². The summed E-state index contributed by atoms with van der Waals surface area (Å²) >= 11 is 0. The van der Waals surface area contributed by atoms with Gasteiger partial charge < -0.3 is 15.2 Å². The number of nitrogens with zero attached hydrogens (tertiary/aromatic N) is 3. The average Bonchev–Trinajstić information content (AvgIpc) is 3.28. The molecule has 0 aromatic carbocycles. The van der Waals surface area contributed by atoms with Crippen molar-refractivity contribution >= 4 is 16.7 Å². The quantitative estimate of drug-likeness (QED) is 0.662. The molecular formula is C20H26N6. The van der Waals surface area contributed by atoms with Crippen molar-refractivity contribution in [2.24, 2.45) is 0 Å². The van der Waals surface area contributed by atoms with Gasteiger partial charge in [0.05, 0.1) is 16.8 Å². The number of aromatic amines is 2. The van der Waals surface area contributed by atoms with Crippen molar-refractivity contribution < 1.29 is 0 Å². The second-order valence-corrected chi connectivity index (χ2v) is 7.86. The Morgan fingerprint density at radius 1 is 1.15 bits per heavy atom. The molecule has 2 fully saturated rings. The molecule has 0 saturated carbocycles. The van der Waals surface area contributed by atoms with Crippen LogP contribution in [0.1, 0.15) is 37.7 Å². The van der Waals surface area contributed by atoms with Gasteiger partial charge in [-0.3, -0.25) is 5.10 Å². The topological polar surface area (TPSA) is 72.6 Å². The van der Waals surface area contributed by atoms with Crippen LogP contribution in [0, 0.1) is 6.92 Å². The van der Waals surface area contributed by atoms with Crippen LogP contribution in [0.2, 0.25) is 0 Å². The Hall–Kier alpha value is -2.34. The molecule has 0 radical (unpaired) electrons. The lowest BCUT2D eigenvalue weighted by atomic mass is 9.81. The zero-order chi connectivity index (χ0) is 17.6. The van der Waals surface area contributed by atoms with Gasteiger partial charge in [0.15, 0.2) is 0 Å². The average molecular weight is 350 g/mol. The van der Waals surface area contributed by atoms with Gasteiger partial charge in [0.25, 0.3) is 0 Å². The van der Waals surface area contributed by atoms with Gasteiger partial charge in [0.2, 0.25) is 0 Å². The summed E-state index contributed by atoms with van der Waals surface area (Å²) in [5, 5.41) is 12.5. The van der Waals surface area contributed by atoms with Crippen LogP contribution in [0.5, 0.6) is 0 Å². The zero-order valence-corrected chi connectivity index (χ0v) is 15.3. The molecule has 0 amide bonds. The summed E-state index contributed by atoms with van der Waals surface area (Å²) in [7, 11) is 0. The lowest BCUT2D eigenvalue weighted by Gasteiger charge is -2.47. The van der Waals surface area contributed by atoms with Crippen LogP contribution in [0.15, 0.2) is 24.7 Å². The summed E-state index contributed by atoms with van der Waals surface area (Å²) in [5.41, 5.74) is 5.80. The molecule has 1 spiro atoms. The van der Waals surface area contributed by atoms with E-state index in [1.54, 1.807) is 0 Å². The minimum absolute atomic E-state index is 0.283. The molecule has 6 nitrogen and oxygen atoms in total. The molecule has 2 aliphatic heterocycles. The van der Waals surface area contributed by atoms with E-state index >= 15 is 0 Å². The fourth-order valence-electron chi connectivity index (χ4n) is 4.83. The third-order valence-corrected chi connectivity index (χ3v) is 6.14. The van der Waals surface area contributed by atoms with Crippen molar-refractivity contribution in [3.8, 4) is 11.3 Å². The van der Waals surface area contributed by atoms with Crippen molar-refractivity contribution in [2.45, 2.75) is 44.6 Å². The maximum Gasteiger partial charge on any atom is 0.140 e. The summed E-state index contributed by atoms with van der Waals surface area (Å²) in [6.07, 6.45) is 12.4. The van der Waals surface area contributed by atoms with Crippen LogP contribution >= 0.6 is 0 Å². The van der Waals surface area contributed by atoms with Crippen LogP contribution in [-0.2, 0) is 0 Å². The van der Waals surface area contributed by atoms with Gasteiger partial charge in [-0.2, -0.15) is 5.10 Å². The minimum Gasteiger partial charge on any atom is -0.369 e. The third-order valence-electron chi connectivity index (χ3n) is 6.14. The van der Waals surface area contributed by atoms with Gasteiger partial charge in [0.1, 0.15) is 5.65 Å². The lowest BCUT2D eigenvalue weighted by molar-refractivity contribution is 0.216. The number of aromatic nitrogens is 4. The van der Waals surface area contributed by atoms with E-state index in [0.29, 0.717) is 0 Å². The molecule has 1 atom stereocenters. The van der Waals surface area contributed by atoms with Gasteiger partial charge in [-0.05, 0) is 50.8 Å². The van der Waals surface area contributed by atoms with Crippen molar-refractivity contribution in [3.63, 3.8) is 0 Å². The first-order chi connectivity index (χ1) is 12.8. The van der Waals surface area contributed by atoms with Crippen LogP contribution < -0.4 is 10.2 Å². The first-order valence-corrected chi connectivity index (χ1v) is 9.73. The second kappa shape index (κ2) is 6.13. The molecule has 5 rings (SSSR count). The maximum absolute atomic E-state index is 4.57. The van der Waals surface area contributed by atoms with Gasteiger partial charge in [-0.1, -0.05) is 6.42 Å². The van der Waals surface area contributed by atoms with Crippen molar-refractivity contribution in [1.29, 1.82) is 0 Å². The van der Waals surface area contributed by atoms with E-state index < -0.39 is 0 Å². The largest absolute Gasteiger partial charge is 0.369 e. The molecular weight excluding hydrogens is 324 g/mol.